The van der Waals surface area contributed by atoms with Crippen molar-refractivity contribution < 1.29 is 14.3 Å². The molecule has 0 aliphatic rings. The number of nitrogens with zero attached hydrogens (tertiary/aromatic N) is 1. The molecule has 0 bridgehead atoms. The molecule has 0 spiro atoms. The van der Waals surface area contributed by atoms with Gasteiger partial charge in [0.25, 0.3) is 5.91 Å². The van der Waals surface area contributed by atoms with Gasteiger partial charge in [0.05, 0.1) is 6.61 Å². The van der Waals surface area contributed by atoms with Crippen molar-refractivity contribution in [1.29, 1.82) is 0 Å². The highest BCUT2D eigenvalue weighted by Gasteiger charge is 2.13. The van der Waals surface area contributed by atoms with Gasteiger partial charge in [-0.25, -0.2) is 5.43 Å². The van der Waals surface area contributed by atoms with Crippen molar-refractivity contribution in [3.8, 4) is 5.75 Å². The van der Waals surface area contributed by atoms with Crippen LogP contribution >= 0.6 is 0 Å². The van der Waals surface area contributed by atoms with Crippen molar-refractivity contribution in [2.75, 3.05) is 20.7 Å². The molecule has 5 nitrogen and oxygen atoms in total. The molecule has 0 aromatic heterocycles. The van der Waals surface area contributed by atoms with E-state index >= 15 is 0 Å². The van der Waals surface area contributed by atoms with Gasteiger partial charge in [0.15, 0.2) is 0 Å². The lowest BCUT2D eigenvalue weighted by atomic mass is 10.1. The van der Waals surface area contributed by atoms with Gasteiger partial charge in [-0.3, -0.25) is 9.80 Å². The number of nitrogens with one attached hydrogen (secondary N) is 1. The molecule has 0 aliphatic heterocycles. The zero-order valence-electron chi connectivity index (χ0n) is 12.3. The average Bonchev–Trinajstić information content (AvgIpc) is 2.45. The van der Waals surface area contributed by atoms with Crippen LogP contribution in [0.4, 0.5) is 0 Å². The second-order valence-corrected chi connectivity index (χ2v) is 4.58. The summed E-state index contributed by atoms with van der Waals surface area (Å²) in [5, 5.41) is 1.43. The number of carbonyl (C=O) groups is 2. The molecule has 0 heterocycles. The first kappa shape index (κ1) is 16.2. The monoisotopic (exact) mass is 278 g/mol. The van der Waals surface area contributed by atoms with E-state index in [1.54, 1.807) is 26.2 Å². The lowest BCUT2D eigenvalue weighted by Gasteiger charge is -2.17. The summed E-state index contributed by atoms with van der Waals surface area (Å²) in [5.41, 5.74) is 4.31. The summed E-state index contributed by atoms with van der Waals surface area (Å²) in [7, 11) is 3.38. The minimum Gasteiger partial charge on any atom is -0.494 e. The van der Waals surface area contributed by atoms with Crippen LogP contribution in [0.15, 0.2) is 18.2 Å². The fraction of sp³-hybridized carbons (Fsp3) is 0.467. The van der Waals surface area contributed by atoms with E-state index in [0.29, 0.717) is 18.6 Å². The van der Waals surface area contributed by atoms with Gasteiger partial charge in [-0.1, -0.05) is 0 Å². The molecule has 0 unspecified atom stereocenters. The van der Waals surface area contributed by atoms with Crippen molar-refractivity contribution in [2.24, 2.45) is 0 Å². The lowest BCUT2D eigenvalue weighted by molar-refractivity contribution is -0.107. The Bertz CT molecular complexity index is 460. The van der Waals surface area contributed by atoms with Gasteiger partial charge in [0.1, 0.15) is 12.0 Å². The first-order chi connectivity index (χ1) is 9.60. The van der Waals surface area contributed by atoms with Crippen LogP contribution in [0.5, 0.6) is 5.75 Å². The Morgan fingerprint density at radius 3 is 2.75 bits per heavy atom. The van der Waals surface area contributed by atoms with Gasteiger partial charge in [0.2, 0.25) is 0 Å². The molecular weight excluding hydrogens is 256 g/mol. The van der Waals surface area contributed by atoms with E-state index in [1.807, 2.05) is 13.0 Å². The Balaban J connectivity index is 2.59. The van der Waals surface area contributed by atoms with E-state index in [-0.39, 0.29) is 5.91 Å². The van der Waals surface area contributed by atoms with E-state index < -0.39 is 0 Å². The molecule has 0 aliphatic carbocycles. The van der Waals surface area contributed by atoms with Crippen molar-refractivity contribution in [1.82, 2.24) is 10.4 Å². The van der Waals surface area contributed by atoms with E-state index in [0.717, 1.165) is 30.4 Å². The maximum atomic E-state index is 12.0. The van der Waals surface area contributed by atoms with E-state index in [2.05, 4.69) is 5.43 Å². The third-order valence-corrected chi connectivity index (χ3v) is 3.05. The first-order valence-electron chi connectivity index (χ1n) is 6.72. The van der Waals surface area contributed by atoms with Crippen LogP contribution < -0.4 is 10.2 Å². The zero-order valence-corrected chi connectivity index (χ0v) is 12.3. The molecule has 5 heteroatoms. The number of hydrogen-bond acceptors (Lipinski definition) is 4. The summed E-state index contributed by atoms with van der Waals surface area (Å²) in [6.07, 6.45) is 3.18. The fourth-order valence-corrected chi connectivity index (χ4v) is 1.77. The molecule has 0 saturated heterocycles. The molecule has 110 valence electrons. The van der Waals surface area contributed by atoms with Crippen LogP contribution in [-0.2, 0) is 4.79 Å². The summed E-state index contributed by atoms with van der Waals surface area (Å²) in [4.78, 5) is 22.2. The zero-order chi connectivity index (χ0) is 15.0. The number of ether oxygens (including phenoxy) is 1. The van der Waals surface area contributed by atoms with Gasteiger partial charge >= 0.3 is 0 Å². The van der Waals surface area contributed by atoms with Crippen LogP contribution in [0.3, 0.4) is 0 Å². The molecule has 0 radical (unpaired) electrons. The lowest BCUT2D eigenvalue weighted by Crippen LogP contribution is -2.37. The van der Waals surface area contributed by atoms with Gasteiger partial charge < -0.3 is 9.53 Å². The molecule has 1 amide bonds. The third kappa shape index (κ3) is 4.66. The molecule has 1 rings (SSSR count). The number of rotatable bonds is 8. The molecular formula is C15H22N2O3. The molecule has 0 atom stereocenters. The minimum absolute atomic E-state index is 0.0810. The maximum absolute atomic E-state index is 12.0. The fourth-order valence-electron chi connectivity index (χ4n) is 1.77. The van der Waals surface area contributed by atoms with Crippen molar-refractivity contribution in [3.05, 3.63) is 29.3 Å². The van der Waals surface area contributed by atoms with Crippen LogP contribution in [0.2, 0.25) is 0 Å². The van der Waals surface area contributed by atoms with Crippen molar-refractivity contribution in [2.45, 2.75) is 26.2 Å². The number of hydrogen-bond donors (Lipinski definition) is 1. The van der Waals surface area contributed by atoms with Gasteiger partial charge in [0, 0.05) is 26.1 Å². The molecule has 0 fully saturated rings. The quantitative estimate of drug-likeness (QED) is 0.448. The number of unbranched alkanes of at least 4 members (excludes halogenated alkanes) is 2. The normalized spacial score (nSPS) is 10.2. The maximum Gasteiger partial charge on any atom is 0.267 e. The SMILES string of the molecule is CNN(C)C(=O)c1ccc(OCCCCC=O)cc1C. The standard InChI is InChI=1S/C15H22N2O3/c1-12-11-13(20-10-6-4-5-9-18)7-8-14(12)15(19)17(3)16-2/h7-9,11,16H,4-6,10H2,1-3H3. The number of benzene rings is 1. The first-order valence-corrected chi connectivity index (χ1v) is 6.72. The smallest absolute Gasteiger partial charge is 0.267 e. The summed E-state index contributed by atoms with van der Waals surface area (Å²) in [6, 6.07) is 5.42. The molecule has 0 saturated carbocycles. The Morgan fingerprint density at radius 1 is 1.40 bits per heavy atom. The van der Waals surface area contributed by atoms with E-state index in [9.17, 15) is 9.59 Å². The number of hydrazine groups is 1. The second-order valence-electron chi connectivity index (χ2n) is 4.58. The third-order valence-electron chi connectivity index (χ3n) is 3.05. The Labute approximate surface area is 119 Å². The topological polar surface area (TPSA) is 58.6 Å². The predicted octanol–water partition coefficient (Wildman–Crippen LogP) is 1.95. The predicted molar refractivity (Wildman–Crippen MR) is 77.7 cm³/mol. The van der Waals surface area contributed by atoms with E-state index in [4.69, 9.17) is 4.74 Å². The van der Waals surface area contributed by atoms with Crippen LogP contribution in [0.25, 0.3) is 0 Å². The van der Waals surface area contributed by atoms with Gasteiger partial charge in [-0.2, -0.15) is 0 Å². The summed E-state index contributed by atoms with van der Waals surface area (Å²) >= 11 is 0. The Hall–Kier alpha value is -1.88. The van der Waals surface area contributed by atoms with Crippen LogP contribution in [-0.4, -0.2) is 37.9 Å². The number of carbonyl (C=O) groups excluding carboxylic acids is 2. The molecule has 1 aromatic rings. The van der Waals surface area contributed by atoms with Gasteiger partial charge in [-0.15, -0.1) is 0 Å². The average molecular weight is 278 g/mol. The van der Waals surface area contributed by atoms with Crippen molar-refractivity contribution >= 4 is 12.2 Å². The van der Waals surface area contributed by atoms with Crippen LogP contribution in [0, 0.1) is 6.92 Å². The van der Waals surface area contributed by atoms with Gasteiger partial charge in [-0.05, 0) is 43.5 Å². The Kier molecular flexibility index (Phi) is 6.73. The number of aryl methyl sites for hydroxylation is 1. The van der Waals surface area contributed by atoms with E-state index in [1.165, 1.54) is 5.01 Å². The number of amides is 1. The largest absolute Gasteiger partial charge is 0.494 e. The minimum atomic E-state index is -0.0810. The molecule has 1 N–H and O–H groups in total. The highest BCUT2D eigenvalue weighted by Crippen LogP contribution is 2.18. The highest BCUT2D eigenvalue weighted by molar-refractivity contribution is 5.95. The highest BCUT2D eigenvalue weighted by atomic mass is 16.5. The molecule has 20 heavy (non-hydrogen) atoms. The molecule has 1 aromatic carbocycles. The van der Waals surface area contributed by atoms with Crippen LogP contribution in [0.1, 0.15) is 35.2 Å². The summed E-state index contributed by atoms with van der Waals surface area (Å²) < 4.78 is 5.60. The second kappa shape index (κ2) is 8.32. The Morgan fingerprint density at radius 2 is 2.15 bits per heavy atom. The van der Waals surface area contributed by atoms with Crippen molar-refractivity contribution in [3.63, 3.8) is 0 Å². The number of aldehydes is 1. The summed E-state index contributed by atoms with van der Waals surface area (Å²) in [5.74, 6) is 0.666. The summed E-state index contributed by atoms with van der Waals surface area (Å²) in [6.45, 7) is 2.47.